The summed E-state index contributed by atoms with van der Waals surface area (Å²) in [5.74, 6) is 0. The molecule has 0 aliphatic rings. The van der Waals surface area contributed by atoms with Gasteiger partial charge >= 0.3 is 176 Å². The van der Waals surface area contributed by atoms with Crippen LogP contribution in [0.4, 0.5) is 5.73 Å². The predicted molar refractivity (Wildman–Crippen MR) is 121 cm³/mol. The molecule has 164 valence electrons. The van der Waals surface area contributed by atoms with Crippen molar-refractivity contribution < 1.29 is 5.73 Å². The van der Waals surface area contributed by atoms with Gasteiger partial charge in [-0.25, -0.2) is 0 Å². The van der Waals surface area contributed by atoms with Crippen molar-refractivity contribution in [2.45, 2.75) is 151 Å². The molecule has 0 saturated heterocycles. The van der Waals surface area contributed by atoms with Crippen LogP contribution in [0.1, 0.15) is 142 Å². The van der Waals surface area contributed by atoms with Gasteiger partial charge in [-0.2, -0.15) is 0 Å². The summed E-state index contributed by atoms with van der Waals surface area (Å²) in [6.45, 7) is 4.49. The van der Waals surface area contributed by atoms with E-state index in [1.54, 1.807) is 0 Å². The Labute approximate surface area is 176 Å². The number of rotatable bonds is 22. The van der Waals surface area contributed by atoms with Gasteiger partial charge in [0.2, 0.25) is 0 Å². The van der Waals surface area contributed by atoms with Gasteiger partial charge in [-0.15, -0.1) is 0 Å². The molecule has 0 N–H and O–H groups in total. The first-order valence-electron chi connectivity index (χ1n) is 12.5. The summed E-state index contributed by atoms with van der Waals surface area (Å²) in [5.41, 5.74) is 0. The SMILES string of the molecule is CCCCCCCCCCC[CH2][Sn]([F])([F])[CH2]CCCCCCCCCCC. The van der Waals surface area contributed by atoms with Crippen molar-refractivity contribution in [1.82, 2.24) is 0 Å². The van der Waals surface area contributed by atoms with Crippen molar-refractivity contribution in [3.63, 3.8) is 0 Å². The third-order valence-electron chi connectivity index (χ3n) is 5.79. The van der Waals surface area contributed by atoms with Gasteiger partial charge < -0.3 is 0 Å². The molecule has 0 bridgehead atoms. The van der Waals surface area contributed by atoms with E-state index >= 15 is 0 Å². The average Bonchev–Trinajstić information content (AvgIpc) is 2.64. The number of halogens is 2. The summed E-state index contributed by atoms with van der Waals surface area (Å²) < 4.78 is 28.9. The van der Waals surface area contributed by atoms with Gasteiger partial charge in [0.25, 0.3) is 0 Å². The van der Waals surface area contributed by atoms with Gasteiger partial charge in [0.1, 0.15) is 0 Å². The van der Waals surface area contributed by atoms with E-state index in [9.17, 15) is 5.73 Å². The monoisotopic (exact) mass is 496 g/mol. The molecule has 0 nitrogen and oxygen atoms in total. The standard InChI is InChI=1S/2C12H25.2FH.Sn/c2*1-3-5-7-9-11-12-10-8-6-4-2;;;/h2*1,3-12H2,2H3;2*1H;/q;;;;+2/p-2. The Morgan fingerprint density at radius 2 is 0.593 bits per heavy atom. The second-order valence-electron chi connectivity index (χ2n) is 8.72. The molecule has 0 aromatic rings. The van der Waals surface area contributed by atoms with E-state index in [2.05, 4.69) is 13.8 Å². The maximum atomic E-state index is 14.1. The quantitative estimate of drug-likeness (QED) is 0.104. The van der Waals surface area contributed by atoms with Crippen molar-refractivity contribution in [1.29, 1.82) is 0 Å². The van der Waals surface area contributed by atoms with E-state index in [-0.39, 0.29) is 0 Å². The van der Waals surface area contributed by atoms with Crippen molar-refractivity contribution in [2.24, 2.45) is 0 Å². The minimum absolute atomic E-state index is 0.322. The van der Waals surface area contributed by atoms with Crippen LogP contribution in [0.25, 0.3) is 0 Å². The van der Waals surface area contributed by atoms with Crippen LogP contribution in [0, 0.1) is 0 Å². The van der Waals surface area contributed by atoms with Crippen LogP contribution in [0.3, 0.4) is 0 Å². The normalized spacial score (nSPS) is 12.0. The van der Waals surface area contributed by atoms with Gasteiger partial charge in [0.15, 0.2) is 0 Å². The minimum atomic E-state index is -4.64. The fourth-order valence-corrected chi connectivity index (χ4v) is 8.96. The summed E-state index contributed by atoms with van der Waals surface area (Å²) in [7, 11) is 0. The molecule has 0 amide bonds. The van der Waals surface area contributed by atoms with Crippen LogP contribution in [0.2, 0.25) is 8.87 Å². The van der Waals surface area contributed by atoms with Crippen LogP contribution in [-0.2, 0) is 0 Å². The fourth-order valence-electron chi connectivity index (χ4n) is 3.87. The molecule has 0 spiro atoms. The Hall–Kier alpha value is 0.659. The molecule has 0 unspecified atom stereocenters. The van der Waals surface area contributed by atoms with Gasteiger partial charge in [0, 0.05) is 0 Å². The third kappa shape index (κ3) is 22.8. The van der Waals surface area contributed by atoms with E-state index in [1.165, 1.54) is 103 Å². The number of hydrogen-bond donors (Lipinski definition) is 0. The molecule has 0 heterocycles. The van der Waals surface area contributed by atoms with E-state index in [0.717, 1.165) is 25.7 Å². The summed E-state index contributed by atoms with van der Waals surface area (Å²) in [6.07, 6.45) is 24.6. The zero-order valence-electron chi connectivity index (χ0n) is 18.8. The Morgan fingerprint density at radius 3 is 0.852 bits per heavy atom. The van der Waals surface area contributed by atoms with Crippen molar-refractivity contribution in [3.05, 3.63) is 0 Å². The van der Waals surface area contributed by atoms with Crippen molar-refractivity contribution >= 4 is 19.5 Å². The molecule has 0 saturated carbocycles. The van der Waals surface area contributed by atoms with Gasteiger partial charge in [-0.3, -0.25) is 0 Å². The molecule has 0 radical (unpaired) electrons. The molecule has 0 atom stereocenters. The van der Waals surface area contributed by atoms with E-state index in [0.29, 0.717) is 8.87 Å². The molecule has 27 heavy (non-hydrogen) atoms. The summed E-state index contributed by atoms with van der Waals surface area (Å²) in [4.78, 5) is 0. The van der Waals surface area contributed by atoms with Crippen LogP contribution < -0.4 is 0 Å². The zero-order valence-corrected chi connectivity index (χ0v) is 21.7. The van der Waals surface area contributed by atoms with Crippen molar-refractivity contribution in [3.8, 4) is 0 Å². The first-order valence-corrected chi connectivity index (χ1v) is 18.7. The molecular weight excluding hydrogens is 445 g/mol. The molecule has 0 aliphatic carbocycles. The maximum absolute atomic E-state index is 14.1. The van der Waals surface area contributed by atoms with Crippen LogP contribution in [-0.4, -0.2) is 19.5 Å². The first-order chi connectivity index (χ1) is 13.1. The Balaban J connectivity index is 3.31. The molecule has 3 heteroatoms. The third-order valence-corrected chi connectivity index (χ3v) is 12.0. The topological polar surface area (TPSA) is 0 Å². The second kappa shape index (κ2) is 21.4. The van der Waals surface area contributed by atoms with Crippen LogP contribution in [0.15, 0.2) is 0 Å². The fraction of sp³-hybridized carbons (Fsp3) is 1.00. The van der Waals surface area contributed by atoms with Gasteiger partial charge in [-0.05, 0) is 0 Å². The zero-order chi connectivity index (χ0) is 20.1. The van der Waals surface area contributed by atoms with E-state index in [1.807, 2.05) is 0 Å². The summed E-state index contributed by atoms with van der Waals surface area (Å²) >= 11 is -4.64. The predicted octanol–water partition coefficient (Wildman–Crippen LogP) is 10.2. The van der Waals surface area contributed by atoms with E-state index in [4.69, 9.17) is 0 Å². The summed E-state index contributed by atoms with van der Waals surface area (Å²) in [5, 5.41) is 0. The molecule has 0 rings (SSSR count). The van der Waals surface area contributed by atoms with Gasteiger partial charge in [-0.1, -0.05) is 0 Å². The Bertz CT molecular complexity index is 256. The second-order valence-corrected chi connectivity index (χ2v) is 16.5. The van der Waals surface area contributed by atoms with E-state index < -0.39 is 19.5 Å². The first kappa shape index (κ1) is 27.7. The van der Waals surface area contributed by atoms with Crippen molar-refractivity contribution in [2.75, 3.05) is 0 Å². The van der Waals surface area contributed by atoms with Crippen LogP contribution >= 0.6 is 0 Å². The Morgan fingerprint density at radius 1 is 0.370 bits per heavy atom. The van der Waals surface area contributed by atoms with Gasteiger partial charge in [0.05, 0.1) is 0 Å². The molecular formula is C24H50F2Sn. The molecule has 0 aromatic carbocycles. The molecule has 0 fully saturated rings. The average molecular weight is 495 g/mol. The number of unbranched alkanes of at least 4 members (excludes halogenated alkanes) is 18. The molecule has 0 aromatic heterocycles. The van der Waals surface area contributed by atoms with Crippen LogP contribution in [0.5, 0.6) is 0 Å². The number of hydrogen-bond acceptors (Lipinski definition) is 0. The Kier molecular flexibility index (Phi) is 21.9. The summed E-state index contributed by atoms with van der Waals surface area (Å²) in [6, 6.07) is 0. The molecule has 0 aliphatic heterocycles.